The van der Waals surface area contributed by atoms with Gasteiger partial charge in [0.05, 0.1) is 23.0 Å². The fourth-order valence-corrected chi connectivity index (χ4v) is 5.17. The van der Waals surface area contributed by atoms with Gasteiger partial charge in [0.1, 0.15) is 35.5 Å². The lowest BCUT2D eigenvalue weighted by molar-refractivity contribution is 0.0858. The van der Waals surface area contributed by atoms with Crippen molar-refractivity contribution in [3.63, 3.8) is 0 Å². The van der Waals surface area contributed by atoms with Crippen molar-refractivity contribution < 1.29 is 18.9 Å². The molecule has 1 aromatic rings. The van der Waals surface area contributed by atoms with Gasteiger partial charge in [0.2, 0.25) is 0 Å². The summed E-state index contributed by atoms with van der Waals surface area (Å²) in [6, 6.07) is 4.40. The molecule has 2 unspecified atom stereocenters. The molecule has 1 rings (SSSR count). The lowest BCUT2D eigenvalue weighted by Gasteiger charge is -2.30. The van der Waals surface area contributed by atoms with Crippen LogP contribution in [0.5, 0.6) is 11.5 Å². The highest BCUT2D eigenvalue weighted by atomic mass is 32.2. The second kappa shape index (κ2) is 12.0. The molecule has 6 nitrogen and oxygen atoms in total. The number of benzene rings is 1. The van der Waals surface area contributed by atoms with Crippen molar-refractivity contribution in [3.05, 3.63) is 11.1 Å². The first-order chi connectivity index (χ1) is 14.8. The van der Waals surface area contributed by atoms with Crippen LogP contribution in [0.3, 0.4) is 0 Å². The Labute approximate surface area is 201 Å². The van der Waals surface area contributed by atoms with E-state index in [1.165, 1.54) is 0 Å². The maximum absolute atomic E-state index is 10.1. The molecule has 2 atom stereocenters. The van der Waals surface area contributed by atoms with E-state index in [1.54, 1.807) is 37.7 Å². The van der Waals surface area contributed by atoms with Gasteiger partial charge in [-0.05, 0) is 13.8 Å². The molecule has 0 aromatic heterocycles. The smallest absolute Gasteiger partial charge is 0.153 e. The zero-order chi connectivity index (χ0) is 24.7. The Hall–Kier alpha value is -1.58. The van der Waals surface area contributed by atoms with E-state index < -0.39 is 0 Å². The fourth-order valence-electron chi connectivity index (χ4n) is 2.84. The highest BCUT2D eigenvalue weighted by Crippen LogP contribution is 2.54. The van der Waals surface area contributed by atoms with Gasteiger partial charge in [-0.3, -0.25) is 0 Å². The van der Waals surface area contributed by atoms with Crippen LogP contribution in [0.25, 0.3) is 0 Å². The first-order valence-corrected chi connectivity index (χ1v) is 12.1. The molecule has 0 heterocycles. The van der Waals surface area contributed by atoms with E-state index in [1.807, 2.05) is 13.8 Å². The predicted octanol–water partition coefficient (Wildman–Crippen LogP) is 6.04. The summed E-state index contributed by atoms with van der Waals surface area (Å²) in [6.45, 7) is 17.1. The van der Waals surface area contributed by atoms with Crippen molar-refractivity contribution >= 4 is 23.5 Å². The summed E-state index contributed by atoms with van der Waals surface area (Å²) in [6.07, 6.45) is -0.603. The van der Waals surface area contributed by atoms with Crippen LogP contribution in [0.2, 0.25) is 0 Å². The van der Waals surface area contributed by atoms with Crippen molar-refractivity contribution in [2.75, 3.05) is 27.4 Å². The topological polar surface area (TPSA) is 84.5 Å². The number of methoxy groups -OCH3 is 2. The molecular formula is C24H36N2O4S2. The summed E-state index contributed by atoms with van der Waals surface area (Å²) in [5.41, 5.74) is 0.361. The summed E-state index contributed by atoms with van der Waals surface area (Å²) in [5.74, 6) is 0.819. The molecule has 0 amide bonds. The van der Waals surface area contributed by atoms with Gasteiger partial charge in [-0.15, -0.1) is 23.5 Å². The number of thioether (sulfide) groups is 2. The van der Waals surface area contributed by atoms with Gasteiger partial charge in [-0.25, -0.2) is 0 Å². The van der Waals surface area contributed by atoms with Crippen LogP contribution in [-0.4, -0.2) is 49.1 Å². The van der Waals surface area contributed by atoms with Crippen LogP contribution in [0, 0.1) is 22.7 Å². The zero-order valence-corrected chi connectivity index (χ0v) is 22.5. The van der Waals surface area contributed by atoms with E-state index >= 15 is 0 Å². The van der Waals surface area contributed by atoms with E-state index in [-0.39, 0.29) is 32.8 Å². The third-order valence-corrected chi connectivity index (χ3v) is 6.34. The zero-order valence-electron chi connectivity index (χ0n) is 20.9. The molecule has 32 heavy (non-hydrogen) atoms. The van der Waals surface area contributed by atoms with Gasteiger partial charge >= 0.3 is 0 Å². The molecule has 0 spiro atoms. The fraction of sp³-hybridized carbons (Fsp3) is 0.667. The summed E-state index contributed by atoms with van der Waals surface area (Å²) < 4.78 is 22.6. The molecule has 0 bridgehead atoms. The highest BCUT2D eigenvalue weighted by molar-refractivity contribution is 8.03. The quantitative estimate of drug-likeness (QED) is 0.375. The average Bonchev–Trinajstić information content (AvgIpc) is 2.64. The van der Waals surface area contributed by atoms with E-state index in [0.29, 0.717) is 24.7 Å². The molecule has 1 aromatic carbocycles. The number of hydrogen-bond acceptors (Lipinski definition) is 8. The van der Waals surface area contributed by atoms with Crippen molar-refractivity contribution in [1.29, 1.82) is 10.5 Å². The Kier molecular flexibility index (Phi) is 10.7. The van der Waals surface area contributed by atoms with Crippen molar-refractivity contribution in [1.82, 2.24) is 0 Å². The van der Waals surface area contributed by atoms with E-state index in [4.69, 9.17) is 18.9 Å². The van der Waals surface area contributed by atoms with Crippen LogP contribution in [0.4, 0.5) is 0 Å². The van der Waals surface area contributed by atoms with Crippen LogP contribution in [0.1, 0.15) is 66.5 Å². The van der Waals surface area contributed by atoms with Crippen LogP contribution in [0.15, 0.2) is 9.79 Å². The highest BCUT2D eigenvalue weighted by Gasteiger charge is 2.33. The Morgan fingerprint density at radius 2 is 1.03 bits per heavy atom. The first kappa shape index (κ1) is 28.5. The summed E-state index contributed by atoms with van der Waals surface area (Å²) >= 11 is 3.20. The monoisotopic (exact) mass is 480 g/mol. The minimum atomic E-state index is -0.301. The van der Waals surface area contributed by atoms with Crippen molar-refractivity contribution in [3.8, 4) is 23.6 Å². The van der Waals surface area contributed by atoms with Crippen LogP contribution in [-0.2, 0) is 9.47 Å². The van der Waals surface area contributed by atoms with Gasteiger partial charge in [-0.2, -0.15) is 10.5 Å². The Balaban J connectivity index is 4.01. The molecule has 0 aliphatic heterocycles. The summed E-state index contributed by atoms with van der Waals surface area (Å²) in [7, 11) is 3.21. The molecule has 0 N–H and O–H groups in total. The van der Waals surface area contributed by atoms with Gasteiger partial charge in [-0.1, -0.05) is 41.5 Å². The molecule has 0 saturated carbocycles. The maximum Gasteiger partial charge on any atom is 0.153 e. The molecule has 0 saturated heterocycles. The molecule has 0 aliphatic carbocycles. The van der Waals surface area contributed by atoms with Gasteiger partial charge in [0, 0.05) is 23.7 Å². The number of nitriles is 2. The molecule has 0 fully saturated rings. The average molecular weight is 481 g/mol. The number of ether oxygens (including phenoxy) is 4. The molecular weight excluding hydrogens is 444 g/mol. The Morgan fingerprint density at radius 1 is 0.719 bits per heavy atom. The first-order valence-electron chi connectivity index (χ1n) is 10.5. The number of nitrogens with zero attached hydrogens (tertiary/aromatic N) is 2. The molecule has 178 valence electrons. The van der Waals surface area contributed by atoms with Gasteiger partial charge in [0.15, 0.2) is 11.5 Å². The second-order valence-corrected chi connectivity index (χ2v) is 13.2. The number of hydrogen-bond donors (Lipinski definition) is 0. The third kappa shape index (κ3) is 8.41. The van der Waals surface area contributed by atoms with Gasteiger partial charge < -0.3 is 18.9 Å². The standard InChI is InChI=1S/C24H36N2O4S2/c1-15(13-27-9)29-19-17(11-25)18(12-26)20(30-16(2)14-28-10)22(32-24(6,7)8)21(19)31-23(3,4)5/h15-16H,13-14H2,1-10H3. The molecule has 0 aliphatic rings. The van der Waals surface area contributed by atoms with Crippen LogP contribution >= 0.6 is 23.5 Å². The predicted molar refractivity (Wildman–Crippen MR) is 131 cm³/mol. The van der Waals surface area contributed by atoms with Crippen molar-refractivity contribution in [2.45, 2.75) is 86.9 Å². The summed E-state index contributed by atoms with van der Waals surface area (Å²) in [5, 5.41) is 20.1. The Bertz CT molecular complexity index is 790. The van der Waals surface area contributed by atoms with E-state index in [2.05, 4.69) is 53.7 Å². The SMILES string of the molecule is COCC(C)Oc1c(C#N)c(C#N)c(OC(C)COC)c(SC(C)(C)C)c1SC(C)(C)C. The van der Waals surface area contributed by atoms with Crippen LogP contribution < -0.4 is 9.47 Å². The largest absolute Gasteiger partial charge is 0.486 e. The third-order valence-electron chi connectivity index (χ3n) is 3.80. The lowest BCUT2D eigenvalue weighted by Crippen LogP contribution is -2.23. The maximum atomic E-state index is 10.1. The molecule has 8 heteroatoms. The normalized spacial score (nSPS) is 13.8. The van der Waals surface area contributed by atoms with Crippen molar-refractivity contribution in [2.24, 2.45) is 0 Å². The second-order valence-electron chi connectivity index (χ2n) is 9.49. The molecule has 0 radical (unpaired) electrons. The minimum Gasteiger partial charge on any atom is -0.486 e. The van der Waals surface area contributed by atoms with E-state index in [0.717, 1.165) is 9.79 Å². The lowest BCUT2D eigenvalue weighted by atomic mass is 10.1. The van der Waals surface area contributed by atoms with E-state index in [9.17, 15) is 10.5 Å². The summed E-state index contributed by atoms with van der Waals surface area (Å²) in [4.78, 5) is 1.60. The Morgan fingerprint density at radius 3 is 1.25 bits per heavy atom. The minimum absolute atomic E-state index is 0.175. The number of rotatable bonds is 10. The van der Waals surface area contributed by atoms with Gasteiger partial charge in [0.25, 0.3) is 0 Å².